The van der Waals surface area contributed by atoms with Crippen molar-refractivity contribution in [3.63, 3.8) is 0 Å². The molecule has 172 valence electrons. The summed E-state index contributed by atoms with van der Waals surface area (Å²) >= 11 is 0. The molecule has 0 aliphatic carbocycles. The average Bonchev–Trinajstić information content (AvgIpc) is 2.87. The Labute approximate surface area is 207 Å². The van der Waals surface area contributed by atoms with E-state index in [9.17, 15) is 14.0 Å². The van der Waals surface area contributed by atoms with E-state index >= 15 is 0 Å². The summed E-state index contributed by atoms with van der Waals surface area (Å²) in [6, 6.07) is 25.9. The highest BCUT2D eigenvalue weighted by molar-refractivity contribution is 6.13. The summed E-state index contributed by atoms with van der Waals surface area (Å²) in [4.78, 5) is 4.70. The van der Waals surface area contributed by atoms with Crippen LogP contribution in [0.3, 0.4) is 0 Å². The number of nitrogens with zero attached hydrogens (tertiary/aromatic N) is 2. The molecule has 0 fully saturated rings. The number of aryl methyl sites for hydroxylation is 2. The molecular formula is C32H20F2N2. The second-order valence-corrected chi connectivity index (χ2v) is 9.12. The maximum Gasteiger partial charge on any atom is 0.126 e. The highest BCUT2D eigenvalue weighted by atomic mass is 19.1. The third kappa shape index (κ3) is 3.40. The lowest BCUT2D eigenvalue weighted by atomic mass is 9.88. The van der Waals surface area contributed by atoms with E-state index in [2.05, 4.69) is 18.2 Å². The van der Waals surface area contributed by atoms with Crippen LogP contribution in [0, 0.1) is 36.8 Å². The Bertz CT molecular complexity index is 1880. The second-order valence-electron chi connectivity index (χ2n) is 9.12. The van der Waals surface area contributed by atoms with Gasteiger partial charge in [0.15, 0.2) is 0 Å². The first-order valence-corrected chi connectivity index (χ1v) is 11.7. The minimum atomic E-state index is -0.592. The Morgan fingerprint density at radius 1 is 0.694 bits per heavy atom. The van der Waals surface area contributed by atoms with Crippen LogP contribution in [0.2, 0.25) is 0 Å². The van der Waals surface area contributed by atoms with E-state index in [1.165, 1.54) is 12.1 Å². The van der Waals surface area contributed by atoms with Gasteiger partial charge in [0.2, 0.25) is 0 Å². The van der Waals surface area contributed by atoms with E-state index < -0.39 is 11.6 Å². The van der Waals surface area contributed by atoms with Crippen LogP contribution >= 0.6 is 0 Å². The van der Waals surface area contributed by atoms with Gasteiger partial charge >= 0.3 is 0 Å². The molecule has 1 heterocycles. The molecular weight excluding hydrogens is 450 g/mol. The van der Waals surface area contributed by atoms with E-state index in [0.717, 1.165) is 66.3 Å². The molecule has 0 bridgehead atoms. The molecule has 0 N–H and O–H groups in total. The van der Waals surface area contributed by atoms with Gasteiger partial charge in [-0.2, -0.15) is 5.26 Å². The van der Waals surface area contributed by atoms with Crippen LogP contribution in [-0.2, 0) is 0 Å². The van der Waals surface area contributed by atoms with Crippen molar-refractivity contribution in [3.05, 3.63) is 113 Å². The number of fused-ring (bicyclic) bond motifs is 4. The van der Waals surface area contributed by atoms with Gasteiger partial charge < -0.3 is 0 Å². The highest BCUT2D eigenvalue weighted by Gasteiger charge is 2.16. The summed E-state index contributed by atoms with van der Waals surface area (Å²) < 4.78 is 28.0. The van der Waals surface area contributed by atoms with Crippen molar-refractivity contribution in [3.8, 4) is 28.5 Å². The van der Waals surface area contributed by atoms with Crippen LogP contribution in [0.5, 0.6) is 0 Å². The van der Waals surface area contributed by atoms with Gasteiger partial charge in [0, 0.05) is 23.2 Å². The number of nitriles is 1. The van der Waals surface area contributed by atoms with Crippen molar-refractivity contribution in [2.45, 2.75) is 13.8 Å². The van der Waals surface area contributed by atoms with Crippen LogP contribution in [0.25, 0.3) is 54.7 Å². The minimum absolute atomic E-state index is 0.528. The molecule has 0 radical (unpaired) electrons. The topological polar surface area (TPSA) is 36.7 Å². The number of hydrogen-bond donors (Lipinski definition) is 0. The van der Waals surface area contributed by atoms with E-state index in [4.69, 9.17) is 4.98 Å². The van der Waals surface area contributed by atoms with E-state index in [0.29, 0.717) is 11.1 Å². The highest BCUT2D eigenvalue weighted by Crippen LogP contribution is 2.39. The van der Waals surface area contributed by atoms with E-state index in [-0.39, 0.29) is 0 Å². The summed E-state index contributed by atoms with van der Waals surface area (Å²) in [5.74, 6) is -1.18. The van der Waals surface area contributed by atoms with Crippen LogP contribution in [0.4, 0.5) is 8.78 Å². The second kappa shape index (κ2) is 8.25. The molecule has 0 aliphatic heterocycles. The summed E-state index contributed by atoms with van der Waals surface area (Å²) in [7, 11) is 0. The van der Waals surface area contributed by atoms with Gasteiger partial charge in [-0.05, 0) is 93.4 Å². The number of aromatic nitrogens is 1. The molecule has 4 heteroatoms. The standard InChI is InChI=1S/C32H20F2N2/c1-18-11-30-26(19(2)31(18)21-14-24(33)16-25(34)15-21)7-8-29-28(30)9-10-36-32(29)22-12-20-5-3-4-6-27(20)23(13-22)17-35/h3-16H,1-2H3. The van der Waals surface area contributed by atoms with Crippen LogP contribution < -0.4 is 0 Å². The zero-order valence-corrected chi connectivity index (χ0v) is 19.7. The number of hydrogen-bond acceptors (Lipinski definition) is 2. The SMILES string of the molecule is Cc1cc2c(ccc3c(-c4cc(C#N)c5ccccc5c4)nccc32)c(C)c1-c1cc(F)cc(F)c1. The van der Waals surface area contributed by atoms with Crippen molar-refractivity contribution >= 4 is 32.3 Å². The average molecular weight is 471 g/mol. The first-order valence-electron chi connectivity index (χ1n) is 11.7. The normalized spacial score (nSPS) is 11.3. The first-order chi connectivity index (χ1) is 17.4. The Morgan fingerprint density at radius 3 is 2.22 bits per heavy atom. The third-order valence-corrected chi connectivity index (χ3v) is 6.93. The Hall–Kier alpha value is -4.62. The van der Waals surface area contributed by atoms with Gasteiger partial charge in [-0.25, -0.2) is 8.78 Å². The predicted molar refractivity (Wildman–Crippen MR) is 142 cm³/mol. The van der Waals surface area contributed by atoms with Gasteiger partial charge in [0.1, 0.15) is 11.6 Å². The molecule has 0 saturated heterocycles. The molecule has 0 atom stereocenters. The molecule has 0 amide bonds. The van der Waals surface area contributed by atoms with Gasteiger partial charge in [-0.15, -0.1) is 0 Å². The minimum Gasteiger partial charge on any atom is -0.256 e. The van der Waals surface area contributed by atoms with Crippen LogP contribution in [-0.4, -0.2) is 4.98 Å². The number of pyridine rings is 1. The van der Waals surface area contributed by atoms with Gasteiger partial charge in [-0.3, -0.25) is 4.98 Å². The molecule has 0 unspecified atom stereocenters. The lowest BCUT2D eigenvalue weighted by molar-refractivity contribution is 0.584. The van der Waals surface area contributed by atoms with Crippen LogP contribution in [0.15, 0.2) is 85.1 Å². The number of benzene rings is 5. The van der Waals surface area contributed by atoms with Crippen LogP contribution in [0.1, 0.15) is 16.7 Å². The summed E-state index contributed by atoms with van der Waals surface area (Å²) in [5, 5.41) is 15.7. The maximum absolute atomic E-state index is 14.0. The molecule has 36 heavy (non-hydrogen) atoms. The van der Waals surface area contributed by atoms with Crippen molar-refractivity contribution in [1.29, 1.82) is 5.26 Å². The molecule has 6 rings (SSSR count). The monoisotopic (exact) mass is 470 g/mol. The lowest BCUT2D eigenvalue weighted by Gasteiger charge is -2.16. The zero-order chi connectivity index (χ0) is 25.0. The smallest absolute Gasteiger partial charge is 0.126 e. The molecule has 0 saturated carbocycles. The summed E-state index contributed by atoms with van der Waals surface area (Å²) in [6.45, 7) is 3.96. The molecule has 0 aliphatic rings. The van der Waals surface area contributed by atoms with Gasteiger partial charge in [0.25, 0.3) is 0 Å². The summed E-state index contributed by atoms with van der Waals surface area (Å²) in [5.41, 5.74) is 5.57. The van der Waals surface area contributed by atoms with E-state index in [1.807, 2.05) is 62.4 Å². The molecule has 2 nitrogen and oxygen atoms in total. The summed E-state index contributed by atoms with van der Waals surface area (Å²) in [6.07, 6.45) is 1.79. The van der Waals surface area contributed by atoms with Gasteiger partial charge in [-0.1, -0.05) is 42.5 Å². The fraction of sp³-hybridized carbons (Fsp3) is 0.0625. The largest absolute Gasteiger partial charge is 0.256 e. The Balaban J connectivity index is 1.62. The molecule has 6 aromatic rings. The number of halogens is 2. The molecule has 1 aromatic heterocycles. The first kappa shape index (κ1) is 21.9. The van der Waals surface area contributed by atoms with Crippen molar-refractivity contribution in [1.82, 2.24) is 4.98 Å². The van der Waals surface area contributed by atoms with Crippen molar-refractivity contribution < 1.29 is 8.78 Å². The Morgan fingerprint density at radius 2 is 1.44 bits per heavy atom. The lowest BCUT2D eigenvalue weighted by Crippen LogP contribution is -1.94. The maximum atomic E-state index is 14.0. The zero-order valence-electron chi connectivity index (χ0n) is 19.7. The molecule has 0 spiro atoms. The van der Waals surface area contributed by atoms with Crippen molar-refractivity contribution in [2.75, 3.05) is 0 Å². The quantitative estimate of drug-likeness (QED) is 0.238. The fourth-order valence-corrected chi connectivity index (χ4v) is 5.39. The van der Waals surface area contributed by atoms with Crippen molar-refractivity contribution in [2.24, 2.45) is 0 Å². The van der Waals surface area contributed by atoms with Gasteiger partial charge in [0.05, 0.1) is 17.3 Å². The van der Waals surface area contributed by atoms with E-state index in [1.54, 1.807) is 6.20 Å². The Kier molecular flexibility index (Phi) is 5.01. The number of rotatable bonds is 2. The fourth-order valence-electron chi connectivity index (χ4n) is 5.39. The molecule has 5 aromatic carbocycles. The third-order valence-electron chi connectivity index (χ3n) is 6.93. The predicted octanol–water partition coefficient (Wildman–Crippen LogP) is 8.64.